The molecule has 132 valence electrons. The van der Waals surface area contributed by atoms with Crippen LogP contribution in [0.25, 0.3) is 0 Å². The van der Waals surface area contributed by atoms with Crippen molar-refractivity contribution < 1.29 is 19.1 Å². The topological polar surface area (TPSA) is 69.6 Å². The highest BCUT2D eigenvalue weighted by Gasteiger charge is 2.24. The molecule has 0 aliphatic carbocycles. The van der Waals surface area contributed by atoms with Crippen LogP contribution in [-0.2, 0) is 9.59 Å². The average Bonchev–Trinajstić information content (AvgIpc) is 2.55. The van der Waals surface area contributed by atoms with Crippen molar-refractivity contribution in [3.63, 3.8) is 0 Å². The lowest BCUT2D eigenvalue weighted by Gasteiger charge is -2.31. The van der Waals surface area contributed by atoms with Crippen molar-refractivity contribution in [2.24, 2.45) is 5.92 Å². The van der Waals surface area contributed by atoms with Crippen LogP contribution >= 0.6 is 11.6 Å². The number of hydrogen-bond donors (Lipinski definition) is 2. The summed E-state index contributed by atoms with van der Waals surface area (Å²) in [5.74, 6) is -1.40. The lowest BCUT2D eigenvalue weighted by molar-refractivity contribution is -0.137. The Bertz CT molecular complexity index is 589. The summed E-state index contributed by atoms with van der Waals surface area (Å²) in [6.45, 7) is 2.53. The minimum absolute atomic E-state index is 0.0102. The van der Waals surface area contributed by atoms with E-state index in [4.69, 9.17) is 16.7 Å². The first-order valence-corrected chi connectivity index (χ1v) is 8.53. The number of benzene rings is 1. The summed E-state index contributed by atoms with van der Waals surface area (Å²) in [7, 11) is 0. The van der Waals surface area contributed by atoms with E-state index in [0.29, 0.717) is 12.1 Å². The molecular weight excluding hydrogens is 335 g/mol. The Morgan fingerprint density at radius 2 is 2.00 bits per heavy atom. The van der Waals surface area contributed by atoms with Crippen LogP contribution in [0.15, 0.2) is 18.2 Å². The Balaban J connectivity index is 1.72. The van der Waals surface area contributed by atoms with E-state index in [9.17, 15) is 14.0 Å². The normalized spacial score (nSPS) is 16.1. The molecule has 0 spiro atoms. The molecule has 1 saturated heterocycles. The van der Waals surface area contributed by atoms with Crippen molar-refractivity contribution in [1.82, 2.24) is 4.90 Å². The van der Waals surface area contributed by atoms with Gasteiger partial charge in [-0.25, -0.2) is 4.39 Å². The summed E-state index contributed by atoms with van der Waals surface area (Å²) in [6.07, 6.45) is 3.27. The van der Waals surface area contributed by atoms with Gasteiger partial charge < -0.3 is 15.3 Å². The second kappa shape index (κ2) is 8.99. The van der Waals surface area contributed by atoms with Crippen LogP contribution in [0.1, 0.15) is 32.1 Å². The van der Waals surface area contributed by atoms with Crippen molar-refractivity contribution in [2.45, 2.75) is 32.1 Å². The number of likely N-dealkylation sites (tertiary alicyclic amines) is 1. The average molecular weight is 357 g/mol. The van der Waals surface area contributed by atoms with Crippen molar-refractivity contribution in [3.8, 4) is 0 Å². The highest BCUT2D eigenvalue weighted by molar-refractivity contribution is 6.31. The minimum atomic E-state index is -0.758. The smallest absolute Gasteiger partial charge is 0.303 e. The molecule has 5 nitrogen and oxygen atoms in total. The molecule has 1 amide bonds. The second-order valence-electron chi connectivity index (χ2n) is 6.08. The molecule has 1 aliphatic rings. The van der Waals surface area contributed by atoms with Gasteiger partial charge in [0, 0.05) is 18.0 Å². The number of carbonyl (C=O) groups excluding carboxylic acids is 1. The number of rotatable bonds is 7. The van der Waals surface area contributed by atoms with Crippen LogP contribution in [0, 0.1) is 11.7 Å². The van der Waals surface area contributed by atoms with E-state index in [2.05, 4.69) is 10.2 Å². The molecule has 1 heterocycles. The molecular formula is C17H22ClFN2O3. The number of carboxylic acid groups (broad SMARTS) is 1. The van der Waals surface area contributed by atoms with Gasteiger partial charge in [0.15, 0.2) is 0 Å². The van der Waals surface area contributed by atoms with Gasteiger partial charge in [0.1, 0.15) is 5.82 Å². The van der Waals surface area contributed by atoms with E-state index in [1.807, 2.05) is 0 Å². The molecule has 0 unspecified atom stereocenters. The predicted octanol–water partition coefficient (Wildman–Crippen LogP) is 3.38. The van der Waals surface area contributed by atoms with E-state index in [0.717, 1.165) is 38.9 Å². The Morgan fingerprint density at radius 1 is 1.29 bits per heavy atom. The van der Waals surface area contributed by atoms with Gasteiger partial charge >= 0.3 is 5.97 Å². The number of aliphatic carboxylic acids is 1. The van der Waals surface area contributed by atoms with E-state index in [1.54, 1.807) is 0 Å². The molecule has 7 heteroatoms. The number of carbonyl (C=O) groups is 2. The summed E-state index contributed by atoms with van der Waals surface area (Å²) >= 11 is 5.71. The van der Waals surface area contributed by atoms with Crippen LogP contribution in [0.2, 0.25) is 5.02 Å². The molecule has 1 aromatic rings. The Morgan fingerprint density at radius 3 is 2.62 bits per heavy atom. The van der Waals surface area contributed by atoms with E-state index >= 15 is 0 Å². The highest BCUT2D eigenvalue weighted by Crippen LogP contribution is 2.23. The highest BCUT2D eigenvalue weighted by atomic mass is 35.5. The lowest BCUT2D eigenvalue weighted by Crippen LogP contribution is -2.38. The van der Waals surface area contributed by atoms with Gasteiger partial charge in [-0.2, -0.15) is 0 Å². The molecule has 24 heavy (non-hydrogen) atoms. The van der Waals surface area contributed by atoms with Crippen LogP contribution in [0.4, 0.5) is 10.1 Å². The fourth-order valence-electron chi connectivity index (χ4n) is 2.85. The molecule has 2 rings (SSSR count). The Hall–Kier alpha value is -1.66. The summed E-state index contributed by atoms with van der Waals surface area (Å²) in [5.41, 5.74) is 0.502. The monoisotopic (exact) mass is 356 g/mol. The zero-order valence-electron chi connectivity index (χ0n) is 13.4. The van der Waals surface area contributed by atoms with Gasteiger partial charge in [-0.3, -0.25) is 9.59 Å². The molecule has 0 atom stereocenters. The Labute approximate surface area is 145 Å². The van der Waals surface area contributed by atoms with Crippen molar-refractivity contribution in [3.05, 3.63) is 29.0 Å². The van der Waals surface area contributed by atoms with Crippen LogP contribution in [-0.4, -0.2) is 41.5 Å². The maximum absolute atomic E-state index is 13.1. The maximum atomic E-state index is 13.1. The minimum Gasteiger partial charge on any atom is -0.481 e. The number of halogens is 2. The number of hydrogen-bond acceptors (Lipinski definition) is 3. The molecule has 1 aliphatic heterocycles. The quantitative estimate of drug-likeness (QED) is 0.735. The third kappa shape index (κ3) is 5.76. The Kier molecular flexibility index (Phi) is 6.99. The molecule has 0 aromatic heterocycles. The summed E-state index contributed by atoms with van der Waals surface area (Å²) in [4.78, 5) is 25.0. The fourth-order valence-corrected chi connectivity index (χ4v) is 3.03. The zero-order chi connectivity index (χ0) is 17.5. The summed E-state index contributed by atoms with van der Waals surface area (Å²) in [6, 6.07) is 4.14. The van der Waals surface area contributed by atoms with E-state index in [1.165, 1.54) is 18.2 Å². The van der Waals surface area contributed by atoms with E-state index in [-0.39, 0.29) is 23.3 Å². The second-order valence-corrected chi connectivity index (χ2v) is 6.49. The first kappa shape index (κ1) is 18.7. The number of nitrogens with zero attached hydrogens (tertiary/aromatic N) is 1. The third-order valence-corrected chi connectivity index (χ3v) is 4.55. The number of amides is 1. The van der Waals surface area contributed by atoms with Gasteiger partial charge in [-0.1, -0.05) is 11.6 Å². The SMILES string of the molecule is O=C(O)CCCCN1CCC(C(=O)Nc2ccc(F)c(Cl)c2)CC1. The summed E-state index contributed by atoms with van der Waals surface area (Å²) in [5, 5.41) is 11.4. The first-order valence-electron chi connectivity index (χ1n) is 8.16. The molecule has 0 bridgehead atoms. The van der Waals surface area contributed by atoms with Gasteiger partial charge in [0.2, 0.25) is 5.91 Å². The zero-order valence-corrected chi connectivity index (χ0v) is 14.2. The van der Waals surface area contributed by atoms with Gasteiger partial charge in [0.05, 0.1) is 5.02 Å². The van der Waals surface area contributed by atoms with Gasteiger partial charge in [-0.15, -0.1) is 0 Å². The lowest BCUT2D eigenvalue weighted by atomic mass is 9.95. The maximum Gasteiger partial charge on any atom is 0.303 e. The molecule has 1 aromatic carbocycles. The number of anilines is 1. The predicted molar refractivity (Wildman–Crippen MR) is 90.7 cm³/mol. The van der Waals surface area contributed by atoms with Crippen molar-refractivity contribution >= 4 is 29.2 Å². The standard InChI is InChI=1S/C17H22ClFN2O3/c18-14-11-13(4-5-15(14)19)20-17(24)12-6-9-21(10-7-12)8-2-1-3-16(22)23/h4-5,11-12H,1-3,6-10H2,(H,20,24)(H,22,23). The van der Waals surface area contributed by atoms with E-state index < -0.39 is 11.8 Å². The molecule has 2 N–H and O–H groups in total. The summed E-state index contributed by atoms with van der Waals surface area (Å²) < 4.78 is 13.1. The number of piperidine rings is 1. The van der Waals surface area contributed by atoms with Gasteiger partial charge in [-0.05, 0) is 63.5 Å². The largest absolute Gasteiger partial charge is 0.481 e. The third-order valence-electron chi connectivity index (χ3n) is 4.26. The van der Waals surface area contributed by atoms with Crippen LogP contribution < -0.4 is 5.32 Å². The number of nitrogens with one attached hydrogen (secondary N) is 1. The fraction of sp³-hybridized carbons (Fsp3) is 0.529. The number of unbranched alkanes of at least 4 members (excludes halogenated alkanes) is 1. The van der Waals surface area contributed by atoms with Crippen molar-refractivity contribution in [1.29, 1.82) is 0 Å². The number of carboxylic acids is 1. The van der Waals surface area contributed by atoms with Crippen molar-refractivity contribution in [2.75, 3.05) is 25.0 Å². The molecule has 0 saturated carbocycles. The van der Waals surface area contributed by atoms with Crippen LogP contribution in [0.3, 0.4) is 0 Å². The van der Waals surface area contributed by atoms with Crippen LogP contribution in [0.5, 0.6) is 0 Å². The van der Waals surface area contributed by atoms with Gasteiger partial charge in [0.25, 0.3) is 0 Å². The first-order chi connectivity index (χ1) is 11.5. The molecule has 1 fully saturated rings. The molecule has 0 radical (unpaired) electrons.